The van der Waals surface area contributed by atoms with Crippen LogP contribution in [-0.4, -0.2) is 29.6 Å². The first kappa shape index (κ1) is 26.2. The molecule has 1 aliphatic heterocycles. The van der Waals surface area contributed by atoms with Gasteiger partial charge in [0.15, 0.2) is 5.88 Å². The predicted octanol–water partition coefficient (Wildman–Crippen LogP) is 7.00. The Morgan fingerprint density at radius 3 is 2.55 bits per heavy atom. The molecule has 0 spiro atoms. The first-order chi connectivity index (χ1) is 18.4. The largest absolute Gasteiger partial charge is 0.493 e. The van der Waals surface area contributed by atoms with Gasteiger partial charge in [-0.25, -0.2) is 5.90 Å². The molecule has 3 aromatic carbocycles. The van der Waals surface area contributed by atoms with Gasteiger partial charge in [0.2, 0.25) is 0 Å². The molecule has 0 saturated heterocycles. The van der Waals surface area contributed by atoms with E-state index in [-0.39, 0.29) is 11.5 Å². The van der Waals surface area contributed by atoms with E-state index in [1.54, 1.807) is 0 Å². The van der Waals surface area contributed by atoms with Crippen molar-refractivity contribution in [3.63, 3.8) is 0 Å². The zero-order valence-corrected chi connectivity index (χ0v) is 22.6. The van der Waals surface area contributed by atoms with Gasteiger partial charge in [0.05, 0.1) is 19.3 Å². The Kier molecular flexibility index (Phi) is 7.65. The van der Waals surface area contributed by atoms with Crippen molar-refractivity contribution in [3.05, 3.63) is 107 Å². The highest BCUT2D eigenvalue weighted by Crippen LogP contribution is 2.41. The quantitative estimate of drug-likeness (QED) is 0.170. The van der Waals surface area contributed by atoms with E-state index in [0.29, 0.717) is 19.1 Å². The van der Waals surface area contributed by atoms with Crippen LogP contribution in [0.3, 0.4) is 0 Å². The highest BCUT2D eigenvalue weighted by atomic mass is 35.5. The minimum absolute atomic E-state index is 0.110. The third-order valence-corrected chi connectivity index (χ3v) is 7.69. The van der Waals surface area contributed by atoms with Crippen molar-refractivity contribution in [2.24, 2.45) is 11.3 Å². The zero-order valence-electron chi connectivity index (χ0n) is 21.9. The Labute approximate surface area is 228 Å². The molecular weight excluding hydrogens is 498 g/mol. The van der Waals surface area contributed by atoms with Crippen molar-refractivity contribution in [3.8, 4) is 11.5 Å². The molecule has 1 aromatic heterocycles. The summed E-state index contributed by atoms with van der Waals surface area (Å²) >= 11 is 6.36. The molecule has 2 unspecified atom stereocenters. The molecule has 4 aromatic rings. The second kappa shape index (κ2) is 11.1. The summed E-state index contributed by atoms with van der Waals surface area (Å²) in [4.78, 5) is 10.8. The van der Waals surface area contributed by atoms with Crippen molar-refractivity contribution in [1.29, 1.82) is 0 Å². The number of rotatable bonds is 10. The molecule has 38 heavy (non-hydrogen) atoms. The highest BCUT2D eigenvalue weighted by Gasteiger charge is 2.33. The first-order valence-electron chi connectivity index (χ1n) is 12.9. The molecule has 0 radical (unpaired) electrons. The van der Waals surface area contributed by atoms with E-state index in [1.807, 2.05) is 60.7 Å². The van der Waals surface area contributed by atoms with Crippen LogP contribution in [0.25, 0.3) is 10.9 Å². The Balaban J connectivity index is 1.47. The number of H-pyrrole nitrogens is 1. The molecule has 2 atom stereocenters. The van der Waals surface area contributed by atoms with Crippen LogP contribution < -0.4 is 15.4 Å². The molecule has 0 amide bonds. The summed E-state index contributed by atoms with van der Waals surface area (Å²) < 4.78 is 12.3. The normalized spacial score (nSPS) is 16.6. The Hall–Kier alpha value is -3.45. The number of aromatic amines is 1. The number of fused-ring (bicyclic) bond motifs is 3. The van der Waals surface area contributed by atoms with Gasteiger partial charge in [-0.2, -0.15) is 0 Å². The number of benzene rings is 3. The van der Waals surface area contributed by atoms with Crippen LogP contribution in [0.5, 0.6) is 11.5 Å². The monoisotopic (exact) mass is 531 g/mol. The molecule has 6 nitrogen and oxygen atoms in total. The van der Waals surface area contributed by atoms with E-state index in [0.717, 1.165) is 58.1 Å². The van der Waals surface area contributed by atoms with Gasteiger partial charge in [-0.1, -0.05) is 55.8 Å². The van der Waals surface area contributed by atoms with E-state index in [2.05, 4.69) is 42.4 Å². The van der Waals surface area contributed by atoms with Crippen LogP contribution in [0.15, 0.2) is 85.3 Å². The van der Waals surface area contributed by atoms with Gasteiger partial charge in [-0.3, -0.25) is 0 Å². The summed E-state index contributed by atoms with van der Waals surface area (Å²) in [5.41, 5.74) is 4.43. The number of nitrogens with zero attached hydrogens (tertiary/aromatic N) is 1. The molecule has 7 heteroatoms. The zero-order chi connectivity index (χ0) is 26.7. The lowest BCUT2D eigenvalue weighted by Crippen LogP contribution is -2.36. The van der Waals surface area contributed by atoms with E-state index in [4.69, 9.17) is 31.8 Å². The smallest absolute Gasteiger partial charge is 0.189 e. The molecule has 0 fully saturated rings. The lowest BCUT2D eigenvalue weighted by Gasteiger charge is -2.38. The van der Waals surface area contributed by atoms with Crippen LogP contribution in [-0.2, 0) is 11.3 Å². The lowest BCUT2D eigenvalue weighted by atomic mass is 9.90. The summed E-state index contributed by atoms with van der Waals surface area (Å²) in [5, 5.41) is 1.89. The number of nitrogens with two attached hydrogens (primary N) is 1. The number of halogens is 1. The molecule has 0 bridgehead atoms. The average Bonchev–Trinajstić information content (AvgIpc) is 3.30. The fraction of sp³-hybridized carbons (Fsp3) is 0.290. The van der Waals surface area contributed by atoms with Crippen LogP contribution >= 0.6 is 11.6 Å². The van der Waals surface area contributed by atoms with Crippen molar-refractivity contribution in [2.45, 2.75) is 32.7 Å². The van der Waals surface area contributed by atoms with E-state index < -0.39 is 0 Å². The van der Waals surface area contributed by atoms with Gasteiger partial charge in [0, 0.05) is 33.6 Å². The number of hydrogen-bond donors (Lipinski definition) is 2. The standard InChI is InChI=1S/C31H34ClN3O3/c1-4-31(3,20-37-33)19-36-24-13-10-22(11-14-24)30-29-26(27-18-23(32)12-15-28(27)34-29)16-17-35(30)21(2)38-25-8-6-5-7-9-25/h5-15,18,30,34H,2,4,16-17,19-20,33H2,1,3H3. The van der Waals surface area contributed by atoms with Gasteiger partial charge in [0.1, 0.15) is 11.5 Å². The fourth-order valence-corrected chi connectivity index (χ4v) is 5.18. The first-order valence-corrected chi connectivity index (χ1v) is 13.3. The molecule has 0 saturated carbocycles. The molecule has 0 aliphatic carbocycles. The SMILES string of the molecule is C=C(Oc1ccccc1)N1CCc2c([nH]c3ccc(Cl)cc23)C1c1ccc(OCC(C)(CC)CON)cc1. The number of aromatic nitrogens is 1. The second-order valence-electron chi connectivity index (χ2n) is 10.2. The van der Waals surface area contributed by atoms with Crippen molar-refractivity contribution >= 4 is 22.5 Å². The number of nitrogens with one attached hydrogen (secondary N) is 1. The number of ether oxygens (including phenoxy) is 2. The van der Waals surface area contributed by atoms with Gasteiger partial charge in [-0.05, 0) is 73.0 Å². The molecule has 1 aliphatic rings. The van der Waals surface area contributed by atoms with E-state index >= 15 is 0 Å². The van der Waals surface area contributed by atoms with Gasteiger partial charge in [-0.15, -0.1) is 0 Å². The molecule has 3 N–H and O–H groups in total. The van der Waals surface area contributed by atoms with Crippen molar-refractivity contribution in [1.82, 2.24) is 9.88 Å². The highest BCUT2D eigenvalue weighted by molar-refractivity contribution is 6.31. The van der Waals surface area contributed by atoms with Crippen LogP contribution in [0.4, 0.5) is 0 Å². The number of para-hydroxylation sites is 1. The second-order valence-corrected chi connectivity index (χ2v) is 10.6. The van der Waals surface area contributed by atoms with E-state index in [1.165, 1.54) is 5.56 Å². The van der Waals surface area contributed by atoms with Gasteiger partial charge in [0.25, 0.3) is 0 Å². The molecular formula is C31H34ClN3O3. The predicted molar refractivity (Wildman–Crippen MR) is 152 cm³/mol. The Morgan fingerprint density at radius 2 is 1.84 bits per heavy atom. The maximum atomic E-state index is 6.36. The fourth-order valence-electron chi connectivity index (χ4n) is 5.01. The van der Waals surface area contributed by atoms with Gasteiger partial charge >= 0.3 is 0 Å². The molecule has 2 heterocycles. The minimum Gasteiger partial charge on any atom is -0.493 e. The number of hydrogen-bond acceptors (Lipinski definition) is 5. The van der Waals surface area contributed by atoms with Gasteiger partial charge < -0.3 is 24.2 Å². The topological polar surface area (TPSA) is 72.7 Å². The third-order valence-electron chi connectivity index (χ3n) is 7.46. The lowest BCUT2D eigenvalue weighted by molar-refractivity contribution is 0.0213. The maximum Gasteiger partial charge on any atom is 0.189 e. The Morgan fingerprint density at radius 1 is 1.08 bits per heavy atom. The summed E-state index contributed by atoms with van der Waals surface area (Å²) in [7, 11) is 0. The Bertz CT molecular complexity index is 1400. The average molecular weight is 532 g/mol. The summed E-state index contributed by atoms with van der Waals surface area (Å²) in [5.74, 6) is 7.50. The van der Waals surface area contributed by atoms with Crippen LogP contribution in [0.2, 0.25) is 5.02 Å². The summed E-state index contributed by atoms with van der Waals surface area (Å²) in [6.07, 6.45) is 1.75. The molecule has 5 rings (SSSR count). The van der Waals surface area contributed by atoms with E-state index in [9.17, 15) is 0 Å². The van der Waals surface area contributed by atoms with Crippen LogP contribution in [0.1, 0.15) is 43.1 Å². The third kappa shape index (κ3) is 5.39. The van der Waals surface area contributed by atoms with Crippen molar-refractivity contribution in [2.75, 3.05) is 19.8 Å². The maximum absolute atomic E-state index is 6.36. The molecule has 198 valence electrons. The van der Waals surface area contributed by atoms with Crippen LogP contribution in [0, 0.1) is 5.41 Å². The van der Waals surface area contributed by atoms with Crippen molar-refractivity contribution < 1.29 is 14.3 Å². The minimum atomic E-state index is -0.152. The summed E-state index contributed by atoms with van der Waals surface area (Å²) in [6.45, 7) is 10.2. The summed E-state index contributed by atoms with van der Waals surface area (Å²) in [6, 6.07) is 23.9.